The second-order valence-electron chi connectivity index (χ2n) is 7.59. The van der Waals surface area contributed by atoms with Crippen molar-refractivity contribution in [3.63, 3.8) is 0 Å². The Morgan fingerprint density at radius 1 is 1.23 bits per heavy atom. The topological polar surface area (TPSA) is 65.4 Å². The van der Waals surface area contributed by atoms with E-state index in [4.69, 9.17) is 10.00 Å². The van der Waals surface area contributed by atoms with Gasteiger partial charge in [0.1, 0.15) is 0 Å². The average molecular weight is 431 g/mol. The Morgan fingerprint density at radius 3 is 2.61 bits per heavy atom. The fraction of sp³-hybridized carbons (Fsp3) is 0.391. The number of anilines is 1. The maximum Gasteiger partial charge on any atom is 0.417 e. The predicted molar refractivity (Wildman–Crippen MR) is 110 cm³/mol. The molecule has 0 spiro atoms. The molecule has 0 radical (unpaired) electrons. The SMILES string of the molecule is COC[C@H]1CN(c2ccc(C#N)c(C(F)(F)F)c2)C[C@@H]1C(=O)NCCc1ccccc1. The molecule has 8 heteroatoms. The lowest BCUT2D eigenvalue weighted by Crippen LogP contribution is -2.37. The normalized spacial score (nSPS) is 18.6. The minimum absolute atomic E-state index is 0.134. The van der Waals surface area contributed by atoms with E-state index >= 15 is 0 Å². The van der Waals surface area contributed by atoms with Gasteiger partial charge < -0.3 is 15.0 Å². The van der Waals surface area contributed by atoms with Gasteiger partial charge in [0.05, 0.1) is 29.7 Å². The van der Waals surface area contributed by atoms with Crippen LogP contribution in [-0.2, 0) is 22.1 Å². The van der Waals surface area contributed by atoms with Gasteiger partial charge in [0, 0.05) is 38.3 Å². The van der Waals surface area contributed by atoms with Crippen LogP contribution in [0.15, 0.2) is 48.5 Å². The molecule has 0 aliphatic carbocycles. The number of nitriles is 1. The van der Waals surface area contributed by atoms with Gasteiger partial charge in [-0.25, -0.2) is 0 Å². The lowest BCUT2D eigenvalue weighted by molar-refractivity contribution is -0.137. The van der Waals surface area contributed by atoms with E-state index in [9.17, 15) is 18.0 Å². The van der Waals surface area contributed by atoms with Crippen LogP contribution in [0.2, 0.25) is 0 Å². The van der Waals surface area contributed by atoms with Gasteiger partial charge in [-0.05, 0) is 30.2 Å². The molecule has 2 atom stereocenters. The van der Waals surface area contributed by atoms with Gasteiger partial charge in [-0.3, -0.25) is 4.79 Å². The molecular formula is C23H24F3N3O2. The number of benzene rings is 2. The Balaban J connectivity index is 1.71. The van der Waals surface area contributed by atoms with Crippen LogP contribution in [0, 0.1) is 23.2 Å². The Labute approximate surface area is 179 Å². The van der Waals surface area contributed by atoms with Crippen LogP contribution < -0.4 is 10.2 Å². The number of halogens is 3. The quantitative estimate of drug-likeness (QED) is 0.727. The predicted octanol–water partition coefficient (Wildman–Crippen LogP) is 3.63. The molecule has 1 saturated heterocycles. The minimum Gasteiger partial charge on any atom is -0.384 e. The van der Waals surface area contributed by atoms with E-state index in [-0.39, 0.29) is 18.4 Å². The van der Waals surface area contributed by atoms with Gasteiger partial charge in [0.25, 0.3) is 0 Å². The molecule has 1 heterocycles. The number of rotatable bonds is 7. The summed E-state index contributed by atoms with van der Waals surface area (Å²) >= 11 is 0. The zero-order chi connectivity index (χ0) is 22.4. The van der Waals surface area contributed by atoms with Crippen molar-refractivity contribution < 1.29 is 22.7 Å². The van der Waals surface area contributed by atoms with Crippen molar-refractivity contribution >= 4 is 11.6 Å². The Hall–Kier alpha value is -3.05. The standard InChI is InChI=1S/C23H24F3N3O2/c1-31-15-18-13-29(19-8-7-17(12-27)21(11-19)23(24,25)26)14-20(18)22(30)28-10-9-16-5-3-2-4-6-16/h2-8,11,18,20H,9-10,13-15H2,1H3,(H,28,30)/t18-,20+/m1/s1. The first-order valence-electron chi connectivity index (χ1n) is 10.0. The number of amides is 1. The molecule has 1 aliphatic heterocycles. The van der Waals surface area contributed by atoms with Crippen molar-refractivity contribution in [2.24, 2.45) is 11.8 Å². The van der Waals surface area contributed by atoms with Crippen LogP contribution in [0.25, 0.3) is 0 Å². The molecule has 0 bridgehead atoms. The highest BCUT2D eigenvalue weighted by atomic mass is 19.4. The molecule has 1 fully saturated rings. The number of alkyl halides is 3. The maximum absolute atomic E-state index is 13.3. The molecule has 1 aliphatic rings. The zero-order valence-corrected chi connectivity index (χ0v) is 17.2. The third-order valence-corrected chi connectivity index (χ3v) is 5.51. The first-order valence-corrected chi connectivity index (χ1v) is 10.0. The van der Waals surface area contributed by atoms with Crippen molar-refractivity contribution in [2.45, 2.75) is 12.6 Å². The maximum atomic E-state index is 13.3. The summed E-state index contributed by atoms with van der Waals surface area (Å²) in [4.78, 5) is 14.6. The number of ether oxygens (including phenoxy) is 1. The summed E-state index contributed by atoms with van der Waals surface area (Å²) in [6.07, 6.45) is -3.93. The van der Waals surface area contributed by atoms with Gasteiger partial charge in [-0.15, -0.1) is 0 Å². The van der Waals surface area contributed by atoms with E-state index in [1.807, 2.05) is 30.3 Å². The van der Waals surface area contributed by atoms with Gasteiger partial charge in [0.2, 0.25) is 5.91 Å². The van der Waals surface area contributed by atoms with Crippen LogP contribution >= 0.6 is 0 Å². The molecule has 0 saturated carbocycles. The summed E-state index contributed by atoms with van der Waals surface area (Å²) in [5.41, 5.74) is 0.0687. The molecule has 31 heavy (non-hydrogen) atoms. The second kappa shape index (κ2) is 9.84. The van der Waals surface area contributed by atoms with Gasteiger partial charge >= 0.3 is 6.18 Å². The Kier molecular flexibility index (Phi) is 7.18. The van der Waals surface area contributed by atoms with Gasteiger partial charge in [-0.1, -0.05) is 30.3 Å². The molecular weight excluding hydrogens is 407 g/mol. The van der Waals surface area contributed by atoms with Crippen LogP contribution in [-0.4, -0.2) is 39.3 Å². The lowest BCUT2D eigenvalue weighted by Gasteiger charge is -2.20. The number of nitrogens with one attached hydrogen (secondary N) is 1. The fourth-order valence-electron chi connectivity index (χ4n) is 3.93. The molecule has 0 unspecified atom stereocenters. The molecule has 1 amide bonds. The number of carbonyl (C=O) groups excluding carboxylic acids is 1. The van der Waals surface area contributed by atoms with Gasteiger partial charge in [0.15, 0.2) is 0 Å². The number of nitrogens with zero attached hydrogens (tertiary/aromatic N) is 2. The van der Waals surface area contributed by atoms with Crippen LogP contribution in [0.5, 0.6) is 0 Å². The Bertz CT molecular complexity index is 941. The van der Waals surface area contributed by atoms with Crippen molar-refractivity contribution in [1.82, 2.24) is 5.32 Å². The van der Waals surface area contributed by atoms with Crippen LogP contribution in [0.1, 0.15) is 16.7 Å². The minimum atomic E-state index is -4.62. The molecule has 2 aromatic rings. The molecule has 0 aromatic heterocycles. The molecule has 1 N–H and O–H groups in total. The highest BCUT2D eigenvalue weighted by Crippen LogP contribution is 2.36. The summed E-state index contributed by atoms with van der Waals surface area (Å²) < 4.78 is 45.2. The van der Waals surface area contributed by atoms with E-state index < -0.39 is 23.2 Å². The third-order valence-electron chi connectivity index (χ3n) is 5.51. The smallest absolute Gasteiger partial charge is 0.384 e. The van der Waals surface area contributed by atoms with Crippen LogP contribution in [0.3, 0.4) is 0 Å². The van der Waals surface area contributed by atoms with E-state index in [0.717, 1.165) is 11.6 Å². The lowest BCUT2D eigenvalue weighted by atomic mass is 9.96. The number of hydrogen-bond donors (Lipinski definition) is 1. The van der Waals surface area contributed by atoms with Crippen molar-refractivity contribution in [3.05, 3.63) is 65.2 Å². The highest BCUT2D eigenvalue weighted by molar-refractivity contribution is 5.80. The van der Waals surface area contributed by atoms with Crippen molar-refractivity contribution in [2.75, 3.05) is 38.3 Å². The van der Waals surface area contributed by atoms with Crippen molar-refractivity contribution in [1.29, 1.82) is 5.26 Å². The van der Waals surface area contributed by atoms with Crippen molar-refractivity contribution in [3.8, 4) is 6.07 Å². The molecule has 3 rings (SSSR count). The largest absolute Gasteiger partial charge is 0.417 e. The first kappa shape index (κ1) is 22.6. The number of hydrogen-bond acceptors (Lipinski definition) is 4. The number of carbonyl (C=O) groups is 1. The second-order valence-corrected chi connectivity index (χ2v) is 7.59. The summed E-state index contributed by atoms with van der Waals surface area (Å²) in [6, 6.07) is 15.0. The highest BCUT2D eigenvalue weighted by Gasteiger charge is 2.39. The fourth-order valence-corrected chi connectivity index (χ4v) is 3.93. The summed E-state index contributed by atoms with van der Waals surface area (Å²) in [5.74, 6) is -0.683. The van der Waals surface area contributed by atoms with E-state index in [2.05, 4.69) is 5.32 Å². The van der Waals surface area contributed by atoms with E-state index in [1.165, 1.54) is 19.2 Å². The third kappa shape index (κ3) is 5.56. The molecule has 5 nitrogen and oxygen atoms in total. The monoisotopic (exact) mass is 431 g/mol. The van der Waals surface area contributed by atoms with Crippen LogP contribution in [0.4, 0.5) is 18.9 Å². The number of methoxy groups -OCH3 is 1. The zero-order valence-electron chi connectivity index (χ0n) is 17.2. The summed E-state index contributed by atoms with van der Waals surface area (Å²) in [7, 11) is 1.54. The molecule has 164 valence electrons. The summed E-state index contributed by atoms with van der Waals surface area (Å²) in [5, 5.41) is 11.9. The first-order chi connectivity index (χ1) is 14.8. The summed E-state index contributed by atoms with van der Waals surface area (Å²) in [6.45, 7) is 1.49. The van der Waals surface area contributed by atoms with E-state index in [0.29, 0.717) is 31.8 Å². The molecule has 2 aromatic carbocycles. The average Bonchev–Trinajstić information content (AvgIpc) is 3.17. The Morgan fingerprint density at radius 2 is 1.97 bits per heavy atom. The van der Waals surface area contributed by atoms with E-state index in [1.54, 1.807) is 11.0 Å². The van der Waals surface area contributed by atoms with Gasteiger partial charge in [-0.2, -0.15) is 18.4 Å².